The molecular weight excluding hydrogens is 272 g/mol. The number of rotatable bonds is 7. The molecule has 1 atom stereocenters. The van der Waals surface area contributed by atoms with Gasteiger partial charge in [0, 0.05) is 19.6 Å². The predicted octanol–water partition coefficient (Wildman–Crippen LogP) is 3.39. The summed E-state index contributed by atoms with van der Waals surface area (Å²) < 4.78 is 0. The van der Waals surface area contributed by atoms with Crippen molar-refractivity contribution in [3.8, 4) is 0 Å². The first kappa shape index (κ1) is 16.2. The lowest BCUT2D eigenvalue weighted by atomic mass is 10.0. The average molecular weight is 296 g/mol. The fourth-order valence-electron chi connectivity index (χ4n) is 2.47. The molecule has 0 aliphatic carbocycles. The quantitative estimate of drug-likeness (QED) is 0.849. The van der Waals surface area contributed by atoms with Crippen LogP contribution in [0.1, 0.15) is 30.5 Å². The molecular formula is C19H24N2O. The monoisotopic (exact) mass is 296 g/mol. The maximum absolute atomic E-state index is 12.3. The highest BCUT2D eigenvalue weighted by Crippen LogP contribution is 2.15. The molecule has 2 aromatic rings. The fourth-order valence-corrected chi connectivity index (χ4v) is 2.47. The van der Waals surface area contributed by atoms with Crippen LogP contribution in [0.3, 0.4) is 0 Å². The second-order valence-corrected chi connectivity index (χ2v) is 5.49. The van der Waals surface area contributed by atoms with Gasteiger partial charge in [0.15, 0.2) is 0 Å². The zero-order valence-electron chi connectivity index (χ0n) is 13.3. The largest absolute Gasteiger partial charge is 0.340 e. The van der Waals surface area contributed by atoms with E-state index in [0.717, 1.165) is 12.0 Å². The molecule has 2 aromatic carbocycles. The summed E-state index contributed by atoms with van der Waals surface area (Å²) in [7, 11) is 1.85. The Balaban J connectivity index is 1.86. The second kappa shape index (κ2) is 8.35. The van der Waals surface area contributed by atoms with Crippen molar-refractivity contribution in [3.63, 3.8) is 0 Å². The Morgan fingerprint density at radius 2 is 1.64 bits per heavy atom. The van der Waals surface area contributed by atoms with Crippen LogP contribution in [0.15, 0.2) is 60.7 Å². The highest BCUT2D eigenvalue weighted by Gasteiger charge is 2.13. The number of carbonyl (C=O) groups is 1. The topological polar surface area (TPSA) is 32.3 Å². The maximum Gasteiger partial charge on any atom is 0.236 e. The SMILES string of the molecule is CCC(NCC(=O)N(C)Cc1ccccc1)c1ccccc1. The van der Waals surface area contributed by atoms with Gasteiger partial charge in [-0.15, -0.1) is 0 Å². The number of benzene rings is 2. The van der Waals surface area contributed by atoms with Gasteiger partial charge in [-0.2, -0.15) is 0 Å². The van der Waals surface area contributed by atoms with Crippen molar-refractivity contribution in [2.24, 2.45) is 0 Å². The van der Waals surface area contributed by atoms with E-state index >= 15 is 0 Å². The van der Waals surface area contributed by atoms with E-state index in [2.05, 4.69) is 24.4 Å². The van der Waals surface area contributed by atoms with Gasteiger partial charge < -0.3 is 10.2 Å². The molecule has 0 aromatic heterocycles. The summed E-state index contributed by atoms with van der Waals surface area (Å²) >= 11 is 0. The molecule has 22 heavy (non-hydrogen) atoms. The van der Waals surface area contributed by atoms with E-state index in [-0.39, 0.29) is 11.9 Å². The van der Waals surface area contributed by atoms with E-state index in [1.54, 1.807) is 4.90 Å². The first-order valence-electron chi connectivity index (χ1n) is 7.77. The summed E-state index contributed by atoms with van der Waals surface area (Å²) in [5.74, 6) is 0.109. The summed E-state index contributed by atoms with van der Waals surface area (Å²) in [6.45, 7) is 3.13. The number of carbonyl (C=O) groups excluding carboxylic acids is 1. The number of hydrogen-bond donors (Lipinski definition) is 1. The number of hydrogen-bond acceptors (Lipinski definition) is 2. The van der Waals surface area contributed by atoms with Gasteiger partial charge in [-0.25, -0.2) is 0 Å². The molecule has 1 N–H and O–H groups in total. The first-order valence-corrected chi connectivity index (χ1v) is 7.77. The van der Waals surface area contributed by atoms with Crippen LogP contribution in [-0.2, 0) is 11.3 Å². The Hall–Kier alpha value is -2.13. The lowest BCUT2D eigenvalue weighted by molar-refractivity contribution is -0.129. The highest BCUT2D eigenvalue weighted by atomic mass is 16.2. The zero-order valence-corrected chi connectivity index (χ0v) is 13.3. The standard InChI is InChI=1S/C19H24N2O/c1-3-18(17-12-8-5-9-13-17)20-14-19(22)21(2)15-16-10-6-4-7-11-16/h4-13,18,20H,3,14-15H2,1-2H3. The Morgan fingerprint density at radius 3 is 2.23 bits per heavy atom. The first-order chi connectivity index (χ1) is 10.7. The summed E-state index contributed by atoms with van der Waals surface area (Å²) in [6, 6.07) is 20.5. The Bertz CT molecular complexity index is 569. The molecule has 0 fully saturated rings. The van der Waals surface area contributed by atoms with Gasteiger partial charge in [-0.3, -0.25) is 4.79 Å². The van der Waals surface area contributed by atoms with Gasteiger partial charge in [0.1, 0.15) is 0 Å². The molecule has 0 aliphatic heterocycles. The molecule has 1 unspecified atom stereocenters. The number of amides is 1. The van der Waals surface area contributed by atoms with Crippen molar-refractivity contribution in [3.05, 3.63) is 71.8 Å². The third-order valence-electron chi connectivity index (χ3n) is 3.80. The summed E-state index contributed by atoms with van der Waals surface area (Å²) in [5.41, 5.74) is 2.37. The van der Waals surface area contributed by atoms with Crippen molar-refractivity contribution in [2.45, 2.75) is 25.9 Å². The van der Waals surface area contributed by atoms with Gasteiger partial charge in [-0.1, -0.05) is 67.6 Å². The summed E-state index contributed by atoms with van der Waals surface area (Å²) in [5, 5.41) is 3.36. The van der Waals surface area contributed by atoms with Gasteiger partial charge in [-0.05, 0) is 17.5 Å². The van der Waals surface area contributed by atoms with E-state index < -0.39 is 0 Å². The molecule has 3 nitrogen and oxygen atoms in total. The lowest BCUT2D eigenvalue weighted by Crippen LogP contribution is -2.36. The molecule has 0 saturated heterocycles. The van der Waals surface area contributed by atoms with Crippen LogP contribution in [-0.4, -0.2) is 24.4 Å². The molecule has 0 aliphatic rings. The lowest BCUT2D eigenvalue weighted by Gasteiger charge is -2.21. The molecule has 0 radical (unpaired) electrons. The summed E-state index contributed by atoms with van der Waals surface area (Å²) in [6.07, 6.45) is 0.958. The third kappa shape index (κ3) is 4.71. The molecule has 116 valence electrons. The third-order valence-corrected chi connectivity index (χ3v) is 3.80. The molecule has 2 rings (SSSR count). The molecule has 1 amide bonds. The number of likely N-dealkylation sites (N-methyl/N-ethyl adjacent to an activating group) is 1. The number of nitrogens with one attached hydrogen (secondary N) is 1. The predicted molar refractivity (Wildman–Crippen MR) is 90.4 cm³/mol. The van der Waals surface area contributed by atoms with Crippen molar-refractivity contribution in [1.29, 1.82) is 0 Å². The van der Waals surface area contributed by atoms with E-state index in [9.17, 15) is 4.79 Å². The second-order valence-electron chi connectivity index (χ2n) is 5.49. The van der Waals surface area contributed by atoms with E-state index in [4.69, 9.17) is 0 Å². The average Bonchev–Trinajstić information content (AvgIpc) is 2.57. The van der Waals surface area contributed by atoms with Crippen molar-refractivity contribution in [1.82, 2.24) is 10.2 Å². The van der Waals surface area contributed by atoms with E-state index in [1.807, 2.05) is 55.6 Å². The maximum atomic E-state index is 12.3. The van der Waals surface area contributed by atoms with E-state index in [0.29, 0.717) is 13.1 Å². The Morgan fingerprint density at radius 1 is 1.05 bits per heavy atom. The molecule has 0 spiro atoms. The van der Waals surface area contributed by atoms with Crippen molar-refractivity contribution >= 4 is 5.91 Å². The van der Waals surface area contributed by atoms with Crippen molar-refractivity contribution < 1.29 is 4.79 Å². The Labute approximate surface area is 133 Å². The highest BCUT2D eigenvalue weighted by molar-refractivity contribution is 5.78. The van der Waals surface area contributed by atoms with Crippen LogP contribution >= 0.6 is 0 Å². The minimum absolute atomic E-state index is 0.109. The molecule has 3 heteroatoms. The van der Waals surface area contributed by atoms with Gasteiger partial charge in [0.05, 0.1) is 6.54 Å². The van der Waals surface area contributed by atoms with Crippen LogP contribution < -0.4 is 5.32 Å². The van der Waals surface area contributed by atoms with Crippen LogP contribution in [0.2, 0.25) is 0 Å². The fraction of sp³-hybridized carbons (Fsp3) is 0.316. The van der Waals surface area contributed by atoms with Crippen LogP contribution in [0.5, 0.6) is 0 Å². The van der Waals surface area contributed by atoms with Crippen LogP contribution in [0.4, 0.5) is 0 Å². The van der Waals surface area contributed by atoms with Gasteiger partial charge in [0.2, 0.25) is 5.91 Å². The smallest absolute Gasteiger partial charge is 0.236 e. The van der Waals surface area contributed by atoms with Gasteiger partial charge >= 0.3 is 0 Å². The molecule has 0 bridgehead atoms. The van der Waals surface area contributed by atoms with Gasteiger partial charge in [0.25, 0.3) is 0 Å². The zero-order chi connectivity index (χ0) is 15.8. The minimum atomic E-state index is 0.109. The number of nitrogens with zero attached hydrogens (tertiary/aromatic N) is 1. The molecule has 0 heterocycles. The van der Waals surface area contributed by atoms with E-state index in [1.165, 1.54) is 5.56 Å². The minimum Gasteiger partial charge on any atom is -0.340 e. The Kier molecular flexibility index (Phi) is 6.16. The molecule has 0 saturated carbocycles. The van der Waals surface area contributed by atoms with Crippen LogP contribution in [0, 0.1) is 0 Å². The van der Waals surface area contributed by atoms with Crippen LogP contribution in [0.25, 0.3) is 0 Å². The normalized spacial score (nSPS) is 11.9. The van der Waals surface area contributed by atoms with Crippen molar-refractivity contribution in [2.75, 3.05) is 13.6 Å². The summed E-state index contributed by atoms with van der Waals surface area (Å²) in [4.78, 5) is 14.0.